The minimum atomic E-state index is -1.27. The highest BCUT2D eigenvalue weighted by Crippen LogP contribution is 2.18. The zero-order valence-corrected chi connectivity index (χ0v) is 6.41. The van der Waals surface area contributed by atoms with Crippen LogP contribution in [0, 0.1) is 0 Å². The SMILES string of the molecule is O=C([O-])[C@@H](Cl)c1ccccc1. The molecule has 1 aromatic rings. The van der Waals surface area contributed by atoms with E-state index in [1.54, 1.807) is 30.3 Å². The molecule has 0 aliphatic carbocycles. The summed E-state index contributed by atoms with van der Waals surface area (Å²) in [5.41, 5.74) is 0.550. The van der Waals surface area contributed by atoms with Crippen LogP contribution in [0.3, 0.4) is 0 Å². The second-order valence-corrected chi connectivity index (χ2v) is 2.53. The number of halogens is 1. The molecule has 0 amide bonds. The topological polar surface area (TPSA) is 40.1 Å². The number of aliphatic carboxylic acids is 1. The molecule has 0 saturated carbocycles. The first kappa shape index (κ1) is 8.08. The van der Waals surface area contributed by atoms with Crippen LogP contribution in [0.2, 0.25) is 0 Å². The van der Waals surface area contributed by atoms with Crippen molar-refractivity contribution in [2.75, 3.05) is 0 Å². The van der Waals surface area contributed by atoms with E-state index >= 15 is 0 Å². The fourth-order valence-corrected chi connectivity index (χ4v) is 0.904. The van der Waals surface area contributed by atoms with Gasteiger partial charge in [0.2, 0.25) is 0 Å². The molecule has 0 unspecified atom stereocenters. The molecule has 0 aromatic heterocycles. The normalized spacial score (nSPS) is 12.5. The number of benzene rings is 1. The number of hydrogen-bond donors (Lipinski definition) is 0. The molecule has 1 aromatic carbocycles. The Morgan fingerprint density at radius 2 is 1.91 bits per heavy atom. The Hall–Kier alpha value is -1.02. The van der Waals surface area contributed by atoms with Gasteiger partial charge in [-0.3, -0.25) is 0 Å². The van der Waals surface area contributed by atoms with Gasteiger partial charge in [-0.05, 0) is 5.56 Å². The van der Waals surface area contributed by atoms with E-state index in [-0.39, 0.29) is 0 Å². The second kappa shape index (κ2) is 3.39. The molecule has 0 saturated heterocycles. The van der Waals surface area contributed by atoms with Crippen molar-refractivity contribution in [2.45, 2.75) is 5.38 Å². The minimum Gasteiger partial charge on any atom is -0.548 e. The van der Waals surface area contributed by atoms with E-state index in [1.165, 1.54) is 0 Å². The fourth-order valence-electron chi connectivity index (χ4n) is 0.758. The summed E-state index contributed by atoms with van der Waals surface area (Å²) in [7, 11) is 0. The van der Waals surface area contributed by atoms with E-state index in [2.05, 4.69) is 0 Å². The largest absolute Gasteiger partial charge is 0.548 e. The Morgan fingerprint density at radius 1 is 1.36 bits per heavy atom. The number of alkyl halides is 1. The lowest BCUT2D eigenvalue weighted by Crippen LogP contribution is -2.26. The van der Waals surface area contributed by atoms with Crippen LogP contribution in [0.5, 0.6) is 0 Å². The summed E-state index contributed by atoms with van der Waals surface area (Å²) in [6, 6.07) is 8.55. The summed E-state index contributed by atoms with van der Waals surface area (Å²) >= 11 is 5.48. The molecular weight excluding hydrogens is 164 g/mol. The van der Waals surface area contributed by atoms with Crippen molar-refractivity contribution < 1.29 is 9.90 Å². The van der Waals surface area contributed by atoms with E-state index in [0.717, 1.165) is 0 Å². The first-order valence-electron chi connectivity index (χ1n) is 3.11. The third-order valence-electron chi connectivity index (χ3n) is 1.30. The first-order chi connectivity index (χ1) is 5.22. The van der Waals surface area contributed by atoms with Gasteiger partial charge in [0.1, 0.15) is 0 Å². The minimum absolute atomic E-state index is 0.550. The number of hydrogen-bond acceptors (Lipinski definition) is 2. The van der Waals surface area contributed by atoms with Crippen LogP contribution < -0.4 is 5.11 Å². The fraction of sp³-hybridized carbons (Fsp3) is 0.125. The van der Waals surface area contributed by atoms with Gasteiger partial charge in [0.25, 0.3) is 0 Å². The van der Waals surface area contributed by atoms with Crippen LogP contribution >= 0.6 is 11.6 Å². The van der Waals surface area contributed by atoms with Crippen molar-refractivity contribution in [3.8, 4) is 0 Å². The number of carbonyl (C=O) groups excluding carboxylic acids is 1. The molecule has 0 bridgehead atoms. The van der Waals surface area contributed by atoms with Crippen molar-refractivity contribution in [1.82, 2.24) is 0 Å². The van der Waals surface area contributed by atoms with Crippen LogP contribution in [0.25, 0.3) is 0 Å². The van der Waals surface area contributed by atoms with Gasteiger partial charge in [-0.1, -0.05) is 30.3 Å². The second-order valence-electron chi connectivity index (χ2n) is 2.09. The van der Waals surface area contributed by atoms with Gasteiger partial charge in [-0.2, -0.15) is 0 Å². The van der Waals surface area contributed by atoms with Gasteiger partial charge in [0.15, 0.2) is 0 Å². The number of rotatable bonds is 2. The quantitative estimate of drug-likeness (QED) is 0.612. The van der Waals surface area contributed by atoms with Gasteiger partial charge in [-0.15, -0.1) is 11.6 Å². The van der Waals surface area contributed by atoms with Crippen molar-refractivity contribution >= 4 is 17.6 Å². The van der Waals surface area contributed by atoms with Gasteiger partial charge < -0.3 is 9.90 Å². The number of carbonyl (C=O) groups is 1. The third-order valence-corrected chi connectivity index (χ3v) is 1.73. The molecule has 0 spiro atoms. The molecule has 0 radical (unpaired) electrons. The lowest BCUT2D eigenvalue weighted by atomic mass is 10.1. The van der Waals surface area contributed by atoms with Crippen LogP contribution in [-0.4, -0.2) is 5.97 Å². The van der Waals surface area contributed by atoms with E-state index in [1.807, 2.05) is 0 Å². The van der Waals surface area contributed by atoms with Crippen molar-refractivity contribution in [2.24, 2.45) is 0 Å². The third kappa shape index (κ3) is 1.95. The van der Waals surface area contributed by atoms with Gasteiger partial charge in [0.05, 0.1) is 11.3 Å². The molecule has 0 aliphatic heterocycles. The average Bonchev–Trinajstić information content (AvgIpc) is 2.05. The molecular formula is C8H6ClO2-. The molecule has 2 nitrogen and oxygen atoms in total. The monoisotopic (exact) mass is 169 g/mol. The Morgan fingerprint density at radius 3 is 2.36 bits per heavy atom. The zero-order chi connectivity index (χ0) is 8.27. The van der Waals surface area contributed by atoms with Crippen LogP contribution in [-0.2, 0) is 4.79 Å². The summed E-state index contributed by atoms with van der Waals surface area (Å²) in [4.78, 5) is 10.3. The van der Waals surface area contributed by atoms with Crippen molar-refractivity contribution in [3.63, 3.8) is 0 Å². The molecule has 0 fully saturated rings. The molecule has 11 heavy (non-hydrogen) atoms. The summed E-state index contributed by atoms with van der Waals surface area (Å²) in [5.74, 6) is -1.27. The predicted molar refractivity (Wildman–Crippen MR) is 40.0 cm³/mol. The Bertz CT molecular complexity index is 246. The van der Waals surface area contributed by atoms with Crippen LogP contribution in [0.1, 0.15) is 10.9 Å². The Kier molecular flexibility index (Phi) is 2.49. The van der Waals surface area contributed by atoms with E-state index in [0.29, 0.717) is 5.56 Å². The average molecular weight is 170 g/mol. The maximum Gasteiger partial charge on any atom is 0.0979 e. The Balaban J connectivity index is 2.85. The van der Waals surface area contributed by atoms with Gasteiger partial charge in [-0.25, -0.2) is 0 Å². The lowest BCUT2D eigenvalue weighted by molar-refractivity contribution is -0.305. The van der Waals surface area contributed by atoms with Crippen molar-refractivity contribution in [1.29, 1.82) is 0 Å². The molecule has 0 aliphatic rings. The van der Waals surface area contributed by atoms with Crippen LogP contribution in [0.4, 0.5) is 0 Å². The summed E-state index contributed by atoms with van der Waals surface area (Å²) in [6.07, 6.45) is 0. The highest BCUT2D eigenvalue weighted by Gasteiger charge is 2.06. The summed E-state index contributed by atoms with van der Waals surface area (Å²) < 4.78 is 0. The maximum absolute atomic E-state index is 10.3. The standard InChI is InChI=1S/C8H7ClO2/c9-7(8(10)11)6-4-2-1-3-5-6/h1-5,7H,(H,10,11)/p-1/t7-/m0/s1. The molecule has 3 heteroatoms. The Labute approximate surface area is 69.4 Å². The highest BCUT2D eigenvalue weighted by atomic mass is 35.5. The van der Waals surface area contributed by atoms with Gasteiger partial charge >= 0.3 is 0 Å². The molecule has 1 atom stereocenters. The number of carboxylic acids is 1. The maximum atomic E-state index is 10.3. The first-order valence-corrected chi connectivity index (χ1v) is 3.55. The molecule has 0 N–H and O–H groups in total. The van der Waals surface area contributed by atoms with E-state index < -0.39 is 11.3 Å². The number of carboxylic acid groups (broad SMARTS) is 1. The van der Waals surface area contributed by atoms with E-state index in [4.69, 9.17) is 11.6 Å². The zero-order valence-electron chi connectivity index (χ0n) is 5.66. The van der Waals surface area contributed by atoms with Gasteiger partial charge in [0, 0.05) is 0 Å². The summed E-state index contributed by atoms with van der Waals surface area (Å²) in [6.45, 7) is 0. The molecule has 0 heterocycles. The highest BCUT2D eigenvalue weighted by molar-refractivity contribution is 6.29. The molecule has 58 valence electrons. The summed E-state index contributed by atoms with van der Waals surface area (Å²) in [5, 5.41) is 9.21. The van der Waals surface area contributed by atoms with Crippen molar-refractivity contribution in [3.05, 3.63) is 35.9 Å². The smallest absolute Gasteiger partial charge is 0.0979 e. The van der Waals surface area contributed by atoms with E-state index in [9.17, 15) is 9.90 Å². The lowest BCUT2D eigenvalue weighted by Gasteiger charge is -2.09. The van der Waals surface area contributed by atoms with Crippen LogP contribution in [0.15, 0.2) is 30.3 Å². The predicted octanol–water partition coefficient (Wildman–Crippen LogP) is 0.716. The molecule has 1 rings (SSSR count).